The van der Waals surface area contributed by atoms with Crippen LogP contribution in [0.3, 0.4) is 0 Å². The van der Waals surface area contributed by atoms with E-state index >= 15 is 0 Å². The van der Waals surface area contributed by atoms with E-state index in [4.69, 9.17) is 15.3 Å². The van der Waals surface area contributed by atoms with E-state index in [0.717, 1.165) is 0 Å². The van der Waals surface area contributed by atoms with Crippen molar-refractivity contribution >= 4 is 17.9 Å². The van der Waals surface area contributed by atoms with Crippen LogP contribution in [0.1, 0.15) is 0 Å². The van der Waals surface area contributed by atoms with Gasteiger partial charge in [-0.15, -0.1) is 0 Å². The van der Waals surface area contributed by atoms with Crippen LogP contribution in [0, 0.1) is 2.28 Å². The second kappa shape index (κ2) is 5.19. The average Bonchev–Trinajstić information content (AvgIpc) is 1.76. The predicted octanol–water partition coefficient (Wildman–Crippen LogP) is 0.128. The molecule has 0 atom stereocenters. The third-order valence-corrected chi connectivity index (χ3v) is 9.84. The van der Waals surface area contributed by atoms with E-state index in [0.29, 0.717) is 0 Å². The first-order chi connectivity index (χ1) is 6.25. The molecule has 0 heterocycles. The molecule has 0 unspecified atom stereocenters. The van der Waals surface area contributed by atoms with Gasteiger partial charge < -0.3 is 0 Å². The number of carboxylic acids is 3. The van der Waals surface area contributed by atoms with Gasteiger partial charge in [-0.1, -0.05) is 0 Å². The van der Waals surface area contributed by atoms with Gasteiger partial charge in [0.1, 0.15) is 0 Å². The Morgan fingerprint density at radius 3 is 1.21 bits per heavy atom. The summed E-state index contributed by atoms with van der Waals surface area (Å²) in [4.78, 5) is 30.9. The molecule has 0 saturated heterocycles. The van der Waals surface area contributed by atoms with Crippen LogP contribution in [-0.4, -0.2) is 33.2 Å². The van der Waals surface area contributed by atoms with Crippen LogP contribution in [0.2, 0.25) is 9.69 Å². The molecule has 0 amide bonds. The summed E-state index contributed by atoms with van der Waals surface area (Å²) in [5.41, 5.74) is 0. The van der Waals surface area contributed by atoms with E-state index in [-0.39, 0.29) is 0 Å². The van der Waals surface area contributed by atoms with E-state index in [9.17, 15) is 16.7 Å². The first-order valence-corrected chi connectivity index (χ1v) is 11.1. The Labute approximate surface area is 84.7 Å². The molecule has 8 heteroatoms. The molecule has 0 spiro atoms. The number of rotatable bonds is 3. The summed E-state index contributed by atoms with van der Waals surface area (Å²) >= 11 is -4.62. The normalized spacial score (nSPS) is 9.64. The summed E-state index contributed by atoms with van der Waals surface area (Å²) < 4.78 is 7.53. The maximum atomic E-state index is 10.3. The van der Waals surface area contributed by atoms with E-state index in [1.807, 2.05) is 0 Å². The quantitative estimate of drug-likeness (QED) is 0.668. The van der Waals surface area contributed by atoms with Crippen molar-refractivity contribution in [1.82, 2.24) is 0 Å². The Balaban J connectivity index is 4.69. The summed E-state index contributed by atoms with van der Waals surface area (Å²) in [6, 6.07) is 0. The molecular weight excluding hydrogens is 271 g/mol. The van der Waals surface area contributed by atoms with E-state index in [2.05, 4.69) is 0 Å². The number of carbonyl (C=O) groups is 3. The third-order valence-electron chi connectivity index (χ3n) is 1.66. The van der Waals surface area contributed by atoms with Crippen molar-refractivity contribution < 1.29 is 55.1 Å². The van der Waals surface area contributed by atoms with Crippen LogP contribution in [-0.2, 0) is 39.7 Å². The fourth-order valence-electron chi connectivity index (χ4n) is 1.19. The van der Waals surface area contributed by atoms with Crippen molar-refractivity contribution in [2.24, 2.45) is 0 Å². The van der Waals surface area contributed by atoms with Gasteiger partial charge in [-0.3, -0.25) is 0 Å². The molecule has 0 aliphatic rings. The second-order valence-corrected chi connectivity index (χ2v) is 13.2. The van der Waals surface area contributed by atoms with Gasteiger partial charge in [0, 0.05) is 0 Å². The fraction of sp³-hybridized carbons (Fsp3) is 0.500. The molecule has 0 fully saturated rings. The van der Waals surface area contributed by atoms with Crippen LogP contribution in [0.5, 0.6) is 0 Å². The zero-order valence-corrected chi connectivity index (χ0v) is 10.1. The van der Waals surface area contributed by atoms with Gasteiger partial charge in [0.25, 0.3) is 0 Å². The standard InChI is InChI=1S/3C2H3O2.N.Y/c3*1-2(3)4;;/h3*1H2,(H,3,4);;. The zero-order valence-electron chi connectivity index (χ0n) is 7.21. The monoisotopic (exact) mass is 280 g/mol. The van der Waals surface area contributed by atoms with Crippen molar-refractivity contribution in [1.29, 1.82) is 2.28 Å². The summed E-state index contributed by atoms with van der Waals surface area (Å²) in [7, 11) is 0. The Hall–Kier alpha value is -0.776. The van der Waals surface area contributed by atoms with Crippen molar-refractivity contribution in [2.75, 3.05) is 0 Å². The Morgan fingerprint density at radius 1 is 0.857 bits per heavy atom. The summed E-state index contributed by atoms with van der Waals surface area (Å²) in [5, 5.41) is 25.2. The van der Waals surface area contributed by atoms with Crippen LogP contribution >= 0.6 is 0 Å². The first kappa shape index (κ1) is 13.2. The minimum atomic E-state index is -4.62. The molecule has 0 radical (unpaired) electrons. The topological polar surface area (TPSA) is 136 Å². The number of carboxylic acid groups (broad SMARTS) is 3. The fourth-order valence-corrected chi connectivity index (χ4v) is 7.05. The van der Waals surface area contributed by atoms with Crippen LogP contribution in [0.15, 0.2) is 0 Å². The SMILES string of the molecule is [N]#[Y]([CH2]C(=O)O)([CH2]C(=O)O)[CH2]C(=O)O. The number of nitrogens with zero attached hydrogens (tertiary/aromatic N) is 1. The van der Waals surface area contributed by atoms with Crippen LogP contribution in [0.4, 0.5) is 0 Å². The Bertz CT molecular complexity index is 311. The number of hydrogen-bond acceptors (Lipinski definition) is 4. The summed E-state index contributed by atoms with van der Waals surface area (Å²) in [5.74, 6) is -4.05. The van der Waals surface area contributed by atoms with Crippen LogP contribution in [0.25, 0.3) is 0 Å². The van der Waals surface area contributed by atoms with Crippen molar-refractivity contribution in [3.63, 3.8) is 0 Å². The molecule has 0 aromatic carbocycles. The molecule has 0 bridgehead atoms. The second-order valence-electron chi connectivity index (χ2n) is 3.21. The van der Waals surface area contributed by atoms with Crippen molar-refractivity contribution in [3.8, 4) is 0 Å². The van der Waals surface area contributed by atoms with Gasteiger partial charge in [-0.05, 0) is 0 Å². The van der Waals surface area contributed by atoms with Crippen molar-refractivity contribution in [2.45, 2.75) is 9.69 Å². The Kier molecular flexibility index (Phi) is 4.90. The van der Waals surface area contributed by atoms with Crippen LogP contribution < -0.4 is 0 Å². The molecule has 3 N–H and O–H groups in total. The molecule has 0 rings (SSSR count). The van der Waals surface area contributed by atoms with E-state index in [1.165, 1.54) is 0 Å². The molecule has 0 aromatic heterocycles. The van der Waals surface area contributed by atoms with Gasteiger partial charge in [0.15, 0.2) is 0 Å². The predicted molar refractivity (Wildman–Crippen MR) is 39.1 cm³/mol. The molecule has 77 valence electrons. The zero-order chi connectivity index (χ0) is 11.4. The van der Waals surface area contributed by atoms with Gasteiger partial charge in [0.2, 0.25) is 0 Å². The average molecular weight is 280 g/mol. The molecule has 0 aliphatic heterocycles. The van der Waals surface area contributed by atoms with Gasteiger partial charge in [-0.2, -0.15) is 0 Å². The van der Waals surface area contributed by atoms with Crippen molar-refractivity contribution in [3.05, 3.63) is 0 Å². The number of aliphatic carboxylic acids is 3. The minimum absolute atomic E-state index is 0.691. The Morgan fingerprint density at radius 2 is 1.07 bits per heavy atom. The van der Waals surface area contributed by atoms with Gasteiger partial charge in [-0.25, -0.2) is 0 Å². The molecule has 14 heavy (non-hydrogen) atoms. The maximum absolute atomic E-state index is 10.3. The molecule has 0 aliphatic carbocycles. The van der Waals surface area contributed by atoms with Gasteiger partial charge in [0.05, 0.1) is 0 Å². The molecule has 0 saturated carbocycles. The first-order valence-electron chi connectivity index (χ1n) is 3.83. The van der Waals surface area contributed by atoms with E-state index < -0.39 is 53.0 Å². The summed E-state index contributed by atoms with van der Waals surface area (Å²) in [6.45, 7) is 0. The molecule has 7 nitrogen and oxygen atoms in total. The third kappa shape index (κ3) is 5.80. The summed E-state index contributed by atoms with van der Waals surface area (Å²) in [6.07, 6.45) is 0. The van der Waals surface area contributed by atoms with E-state index in [1.54, 1.807) is 0 Å². The molecule has 0 aromatic rings. The number of hydrogen-bond donors (Lipinski definition) is 3. The van der Waals surface area contributed by atoms with Gasteiger partial charge >= 0.3 is 84.9 Å². The molecular formula is C6H9NO6Y.